The zero-order valence-electron chi connectivity index (χ0n) is 15.0. The molecule has 0 spiro atoms. The summed E-state index contributed by atoms with van der Waals surface area (Å²) in [6.07, 6.45) is 8.49. The van der Waals surface area contributed by atoms with E-state index in [9.17, 15) is 4.79 Å². The number of H-pyrrole nitrogens is 1. The number of fused-ring (bicyclic) bond motifs is 1. The molecule has 0 saturated carbocycles. The molecule has 4 rings (SSSR count). The third-order valence-electron chi connectivity index (χ3n) is 4.93. The molecule has 0 radical (unpaired) electrons. The Morgan fingerprint density at radius 2 is 2.23 bits per heavy atom. The average molecular weight is 372 g/mol. The molecule has 6 nitrogen and oxygen atoms in total. The van der Waals surface area contributed by atoms with Gasteiger partial charge in [0, 0.05) is 31.1 Å². The number of nitrogens with one attached hydrogen (secondary N) is 2. The van der Waals surface area contributed by atoms with Crippen LogP contribution < -0.4 is 10.9 Å². The fraction of sp³-hybridized carbons (Fsp3) is 0.474. The summed E-state index contributed by atoms with van der Waals surface area (Å²) in [5.41, 5.74) is 2.28. The van der Waals surface area contributed by atoms with Gasteiger partial charge in [-0.15, -0.1) is 11.3 Å². The van der Waals surface area contributed by atoms with Gasteiger partial charge in [-0.3, -0.25) is 14.7 Å². The van der Waals surface area contributed by atoms with Gasteiger partial charge in [0.1, 0.15) is 4.83 Å². The van der Waals surface area contributed by atoms with Crippen molar-refractivity contribution in [2.24, 2.45) is 0 Å². The van der Waals surface area contributed by atoms with E-state index in [4.69, 9.17) is 4.74 Å². The van der Waals surface area contributed by atoms with Crippen molar-refractivity contribution < 1.29 is 4.74 Å². The van der Waals surface area contributed by atoms with Crippen LogP contribution in [0.2, 0.25) is 0 Å². The molecular weight excluding hydrogens is 348 g/mol. The number of rotatable bonds is 5. The third kappa shape index (κ3) is 3.60. The molecule has 26 heavy (non-hydrogen) atoms. The normalized spacial score (nSPS) is 18.3. The van der Waals surface area contributed by atoms with Crippen LogP contribution in [-0.4, -0.2) is 54.3 Å². The molecule has 2 N–H and O–H groups in total. The lowest BCUT2D eigenvalue weighted by Crippen LogP contribution is -2.39. The number of thiophene rings is 1. The summed E-state index contributed by atoms with van der Waals surface area (Å²) in [4.78, 5) is 24.5. The second-order valence-electron chi connectivity index (χ2n) is 6.69. The summed E-state index contributed by atoms with van der Waals surface area (Å²) in [5, 5.41) is 3.99. The highest BCUT2D eigenvalue weighted by Gasteiger charge is 2.17. The van der Waals surface area contributed by atoms with Crippen LogP contribution in [0.25, 0.3) is 15.8 Å². The summed E-state index contributed by atoms with van der Waals surface area (Å²) in [6.45, 7) is 7.20. The van der Waals surface area contributed by atoms with Crippen LogP contribution >= 0.6 is 11.3 Å². The predicted octanol–water partition coefficient (Wildman–Crippen LogP) is 2.77. The molecule has 1 aliphatic heterocycles. The van der Waals surface area contributed by atoms with E-state index in [1.165, 1.54) is 10.5 Å². The van der Waals surface area contributed by atoms with Gasteiger partial charge in [-0.25, -0.2) is 4.98 Å². The monoisotopic (exact) mass is 372 g/mol. The minimum atomic E-state index is -0.0594. The van der Waals surface area contributed by atoms with Gasteiger partial charge < -0.3 is 10.1 Å². The second kappa shape index (κ2) is 7.73. The molecule has 0 atom stereocenters. The van der Waals surface area contributed by atoms with Gasteiger partial charge in [0.15, 0.2) is 0 Å². The van der Waals surface area contributed by atoms with E-state index in [0.717, 1.165) is 68.0 Å². The van der Waals surface area contributed by atoms with E-state index >= 15 is 0 Å². The molecule has 0 aromatic carbocycles. The highest BCUT2D eigenvalue weighted by Crippen LogP contribution is 2.36. The number of aryl methyl sites for hydroxylation is 1. The molecule has 0 unspecified atom stereocenters. The fourth-order valence-electron chi connectivity index (χ4n) is 3.48. The molecule has 1 fully saturated rings. The highest BCUT2D eigenvalue weighted by atomic mass is 32.1. The fourth-order valence-corrected chi connectivity index (χ4v) is 4.72. The van der Waals surface area contributed by atoms with Crippen LogP contribution in [-0.2, 0) is 4.74 Å². The quantitative estimate of drug-likeness (QED) is 0.845. The first-order chi connectivity index (χ1) is 12.7. The first-order valence-electron chi connectivity index (χ1n) is 9.16. The van der Waals surface area contributed by atoms with Crippen LogP contribution in [0.4, 0.5) is 5.95 Å². The Morgan fingerprint density at radius 1 is 1.38 bits per heavy atom. The average Bonchev–Trinajstić information content (AvgIpc) is 3.00. The summed E-state index contributed by atoms with van der Waals surface area (Å²) >= 11 is 1.62. The number of morpholine rings is 1. The minimum absolute atomic E-state index is 0.0594. The van der Waals surface area contributed by atoms with Gasteiger partial charge >= 0.3 is 0 Å². The van der Waals surface area contributed by atoms with Crippen molar-refractivity contribution in [1.82, 2.24) is 14.9 Å². The molecular formula is C19H24N4O2S. The Balaban J connectivity index is 1.53. The van der Waals surface area contributed by atoms with Crippen molar-refractivity contribution in [1.29, 1.82) is 0 Å². The number of allylic oxidation sites excluding steroid dienone is 4. The number of nitrogens with zero attached hydrogens (tertiary/aromatic N) is 2. The smallest absolute Gasteiger partial charge is 0.261 e. The molecule has 2 aliphatic rings. The number of hydrogen-bond acceptors (Lipinski definition) is 6. The van der Waals surface area contributed by atoms with Crippen LogP contribution in [0.3, 0.4) is 0 Å². The highest BCUT2D eigenvalue weighted by molar-refractivity contribution is 7.19. The van der Waals surface area contributed by atoms with Crippen LogP contribution in [0.1, 0.15) is 23.3 Å². The van der Waals surface area contributed by atoms with Crippen molar-refractivity contribution in [3.05, 3.63) is 39.0 Å². The van der Waals surface area contributed by atoms with E-state index in [2.05, 4.69) is 38.4 Å². The Labute approximate surface area is 156 Å². The molecule has 1 aliphatic carbocycles. The number of anilines is 1. The lowest BCUT2D eigenvalue weighted by molar-refractivity contribution is 0.0398. The second-order valence-corrected chi connectivity index (χ2v) is 7.69. The SMILES string of the molecule is Cc1c(C2=CC=CCC2)sc2nc(NCCN3CCOCC3)[nH]c(=O)c12. The molecule has 7 heteroatoms. The Hall–Kier alpha value is -1.96. The lowest BCUT2D eigenvalue weighted by Gasteiger charge is -2.26. The van der Waals surface area contributed by atoms with Crippen LogP contribution in [0.5, 0.6) is 0 Å². The maximum Gasteiger partial charge on any atom is 0.261 e. The van der Waals surface area contributed by atoms with E-state index in [-0.39, 0.29) is 5.56 Å². The molecule has 2 aromatic heterocycles. The van der Waals surface area contributed by atoms with Crippen molar-refractivity contribution in [3.8, 4) is 0 Å². The molecule has 1 saturated heterocycles. The van der Waals surface area contributed by atoms with Crippen LogP contribution in [0.15, 0.2) is 23.0 Å². The van der Waals surface area contributed by atoms with Crippen molar-refractivity contribution in [3.63, 3.8) is 0 Å². The van der Waals surface area contributed by atoms with Crippen LogP contribution in [0, 0.1) is 6.92 Å². The van der Waals surface area contributed by atoms with Gasteiger partial charge in [0.05, 0.1) is 18.6 Å². The first-order valence-corrected chi connectivity index (χ1v) is 9.97. The van der Waals surface area contributed by atoms with Gasteiger partial charge in [-0.2, -0.15) is 0 Å². The van der Waals surface area contributed by atoms with E-state index in [1.54, 1.807) is 11.3 Å². The molecule has 0 amide bonds. The summed E-state index contributed by atoms with van der Waals surface area (Å²) < 4.78 is 5.36. The largest absolute Gasteiger partial charge is 0.379 e. The van der Waals surface area contributed by atoms with Gasteiger partial charge in [-0.05, 0) is 30.9 Å². The number of hydrogen-bond donors (Lipinski definition) is 2. The molecule has 138 valence electrons. The zero-order valence-corrected chi connectivity index (χ0v) is 15.8. The first kappa shape index (κ1) is 17.5. The molecule has 2 aromatic rings. The maximum atomic E-state index is 12.6. The molecule has 0 bridgehead atoms. The van der Waals surface area contributed by atoms with E-state index in [0.29, 0.717) is 5.95 Å². The summed E-state index contributed by atoms with van der Waals surface area (Å²) in [5.74, 6) is 0.557. The summed E-state index contributed by atoms with van der Waals surface area (Å²) in [6, 6.07) is 0. The number of ether oxygens (including phenoxy) is 1. The van der Waals surface area contributed by atoms with E-state index < -0.39 is 0 Å². The van der Waals surface area contributed by atoms with E-state index in [1.807, 2.05) is 6.92 Å². The Bertz CT molecular complexity index is 906. The standard InChI is InChI=1S/C19H24N4O2S/c1-13-15-17(24)21-19(20-7-8-23-9-11-25-12-10-23)22-18(15)26-16(13)14-5-3-2-4-6-14/h2-3,5H,4,6-12H2,1H3,(H2,20,21,22,24). The van der Waals surface area contributed by atoms with Crippen molar-refractivity contribution in [2.75, 3.05) is 44.7 Å². The van der Waals surface area contributed by atoms with Gasteiger partial charge in [-0.1, -0.05) is 18.2 Å². The predicted molar refractivity (Wildman–Crippen MR) is 107 cm³/mol. The Morgan fingerprint density at radius 3 is 3.00 bits per heavy atom. The van der Waals surface area contributed by atoms with Crippen molar-refractivity contribution in [2.45, 2.75) is 19.8 Å². The maximum absolute atomic E-state index is 12.6. The number of aromatic amines is 1. The van der Waals surface area contributed by atoms with Gasteiger partial charge in [0.2, 0.25) is 5.95 Å². The lowest BCUT2D eigenvalue weighted by atomic mass is 10.0. The van der Waals surface area contributed by atoms with Gasteiger partial charge in [0.25, 0.3) is 5.56 Å². The summed E-state index contributed by atoms with van der Waals surface area (Å²) in [7, 11) is 0. The van der Waals surface area contributed by atoms with Crippen molar-refractivity contribution >= 4 is 33.1 Å². The Kier molecular flexibility index (Phi) is 5.19. The molecule has 3 heterocycles. The number of aromatic nitrogens is 2. The topological polar surface area (TPSA) is 70.2 Å². The third-order valence-corrected chi connectivity index (χ3v) is 6.19. The minimum Gasteiger partial charge on any atom is -0.379 e. The zero-order chi connectivity index (χ0) is 17.9.